The summed E-state index contributed by atoms with van der Waals surface area (Å²) in [5.41, 5.74) is 4.14. The van der Waals surface area contributed by atoms with E-state index < -0.39 is 0 Å². The zero-order chi connectivity index (χ0) is 17.0. The first kappa shape index (κ1) is 16.5. The molecule has 0 N–H and O–H groups in total. The van der Waals surface area contributed by atoms with Crippen LogP contribution >= 0.6 is 0 Å². The largest absolute Gasteiger partial charge is 0.0622 e. The Morgan fingerprint density at radius 3 is 1.33 bits per heavy atom. The second kappa shape index (κ2) is 6.65. The molecule has 0 fully saturated rings. The summed E-state index contributed by atoms with van der Waals surface area (Å²) in [7, 11) is 0. The molecule has 0 bridgehead atoms. The maximum atomic E-state index is 2.39. The van der Waals surface area contributed by atoms with Gasteiger partial charge in [0.05, 0.1) is 0 Å². The third-order valence-electron chi connectivity index (χ3n) is 5.54. The molecule has 0 spiro atoms. The maximum Gasteiger partial charge on any atom is 0.0228 e. The van der Waals surface area contributed by atoms with Crippen LogP contribution in [0.4, 0.5) is 0 Å². The molecule has 24 heavy (non-hydrogen) atoms. The van der Waals surface area contributed by atoms with E-state index in [9.17, 15) is 0 Å². The molecule has 0 aromatic heterocycles. The van der Waals surface area contributed by atoms with Crippen LogP contribution in [-0.2, 0) is 11.8 Å². The van der Waals surface area contributed by atoms with Gasteiger partial charge in [-0.25, -0.2) is 0 Å². The molecule has 122 valence electrons. The van der Waals surface area contributed by atoms with E-state index in [4.69, 9.17) is 0 Å². The van der Waals surface area contributed by atoms with E-state index in [-0.39, 0.29) is 10.8 Å². The van der Waals surface area contributed by atoms with Gasteiger partial charge in [0.2, 0.25) is 0 Å². The molecule has 0 saturated carbocycles. The van der Waals surface area contributed by atoms with Crippen molar-refractivity contribution in [3.8, 4) is 0 Å². The first-order chi connectivity index (χ1) is 11.5. The van der Waals surface area contributed by atoms with Crippen molar-refractivity contribution in [3.63, 3.8) is 0 Å². The SMILES string of the molecule is CC(C)(Cc1ccccc1)C(C)(c1ccccc1)c1ccccc1. The molecule has 0 aliphatic heterocycles. The molecular weight excluding hydrogens is 288 g/mol. The average Bonchev–Trinajstić information content (AvgIpc) is 2.63. The fourth-order valence-electron chi connectivity index (χ4n) is 3.77. The van der Waals surface area contributed by atoms with Crippen molar-refractivity contribution in [3.05, 3.63) is 108 Å². The second-order valence-corrected chi connectivity index (χ2v) is 7.40. The summed E-state index contributed by atoms with van der Waals surface area (Å²) >= 11 is 0. The van der Waals surface area contributed by atoms with Gasteiger partial charge in [-0.1, -0.05) is 112 Å². The van der Waals surface area contributed by atoms with Crippen molar-refractivity contribution in [2.24, 2.45) is 5.41 Å². The Hall–Kier alpha value is -2.34. The van der Waals surface area contributed by atoms with Crippen LogP contribution in [0, 0.1) is 5.41 Å². The first-order valence-electron chi connectivity index (χ1n) is 8.69. The van der Waals surface area contributed by atoms with Gasteiger partial charge in [-0.15, -0.1) is 0 Å². The molecule has 0 radical (unpaired) electrons. The zero-order valence-electron chi connectivity index (χ0n) is 14.9. The van der Waals surface area contributed by atoms with Crippen molar-refractivity contribution in [1.82, 2.24) is 0 Å². The molecule has 0 heteroatoms. The van der Waals surface area contributed by atoms with E-state index in [2.05, 4.69) is 112 Å². The highest BCUT2D eigenvalue weighted by molar-refractivity contribution is 5.41. The summed E-state index contributed by atoms with van der Waals surface area (Å²) in [5, 5.41) is 0. The highest BCUT2D eigenvalue weighted by Crippen LogP contribution is 2.48. The van der Waals surface area contributed by atoms with Gasteiger partial charge < -0.3 is 0 Å². The summed E-state index contributed by atoms with van der Waals surface area (Å²) in [6.45, 7) is 7.17. The van der Waals surface area contributed by atoms with Gasteiger partial charge in [-0.3, -0.25) is 0 Å². The fraction of sp³-hybridized carbons (Fsp3) is 0.250. The zero-order valence-corrected chi connectivity index (χ0v) is 14.9. The minimum atomic E-state index is -0.0641. The van der Waals surface area contributed by atoms with E-state index in [1.54, 1.807) is 0 Å². The van der Waals surface area contributed by atoms with Crippen LogP contribution in [-0.4, -0.2) is 0 Å². The number of hydrogen-bond donors (Lipinski definition) is 0. The summed E-state index contributed by atoms with van der Waals surface area (Å²) in [5.74, 6) is 0. The van der Waals surface area contributed by atoms with E-state index in [1.807, 2.05) is 0 Å². The van der Waals surface area contributed by atoms with Gasteiger partial charge in [0, 0.05) is 5.41 Å². The number of rotatable bonds is 5. The minimum absolute atomic E-state index is 0.0641. The normalized spacial score (nSPS) is 12.1. The molecule has 3 rings (SSSR count). The molecule has 0 amide bonds. The Labute approximate surface area is 146 Å². The van der Waals surface area contributed by atoms with Crippen molar-refractivity contribution in [2.75, 3.05) is 0 Å². The van der Waals surface area contributed by atoms with Crippen LogP contribution in [0.5, 0.6) is 0 Å². The van der Waals surface area contributed by atoms with Gasteiger partial charge in [0.15, 0.2) is 0 Å². The quantitative estimate of drug-likeness (QED) is 0.521. The lowest BCUT2D eigenvalue weighted by Gasteiger charge is -2.46. The van der Waals surface area contributed by atoms with Gasteiger partial charge in [-0.05, 0) is 28.5 Å². The molecule has 0 aliphatic rings. The van der Waals surface area contributed by atoms with Crippen LogP contribution in [0.2, 0.25) is 0 Å². The lowest BCUT2D eigenvalue weighted by atomic mass is 9.57. The standard InChI is InChI=1S/C24H26/c1-23(2,19-20-13-7-4-8-14-20)24(3,21-15-9-5-10-16-21)22-17-11-6-12-18-22/h4-18H,19H2,1-3H3. The van der Waals surface area contributed by atoms with Crippen LogP contribution < -0.4 is 0 Å². The lowest BCUT2D eigenvalue weighted by molar-refractivity contribution is 0.217. The van der Waals surface area contributed by atoms with Crippen LogP contribution in [0.1, 0.15) is 37.5 Å². The molecular formula is C24H26. The summed E-state index contributed by atoms with van der Waals surface area (Å²) in [6, 6.07) is 32.7. The molecule has 0 saturated heterocycles. The van der Waals surface area contributed by atoms with Crippen molar-refractivity contribution in [1.29, 1.82) is 0 Å². The molecule has 0 heterocycles. The predicted molar refractivity (Wildman–Crippen MR) is 103 cm³/mol. The molecule has 0 atom stereocenters. The fourth-order valence-corrected chi connectivity index (χ4v) is 3.77. The van der Waals surface area contributed by atoms with E-state index in [1.165, 1.54) is 16.7 Å². The molecule has 0 aliphatic carbocycles. The highest BCUT2D eigenvalue weighted by atomic mass is 14.5. The van der Waals surface area contributed by atoms with Crippen LogP contribution in [0.3, 0.4) is 0 Å². The molecule has 3 aromatic rings. The molecule has 3 aromatic carbocycles. The smallest absolute Gasteiger partial charge is 0.0228 e. The highest BCUT2D eigenvalue weighted by Gasteiger charge is 2.43. The Morgan fingerprint density at radius 2 is 0.917 bits per heavy atom. The van der Waals surface area contributed by atoms with Crippen LogP contribution in [0.25, 0.3) is 0 Å². The molecule has 0 unspecified atom stereocenters. The third kappa shape index (κ3) is 3.01. The van der Waals surface area contributed by atoms with Crippen molar-refractivity contribution >= 4 is 0 Å². The molecule has 0 nitrogen and oxygen atoms in total. The second-order valence-electron chi connectivity index (χ2n) is 7.40. The Morgan fingerprint density at radius 1 is 0.542 bits per heavy atom. The van der Waals surface area contributed by atoms with Crippen molar-refractivity contribution in [2.45, 2.75) is 32.6 Å². The van der Waals surface area contributed by atoms with E-state index in [0.29, 0.717) is 0 Å². The van der Waals surface area contributed by atoms with Crippen molar-refractivity contribution < 1.29 is 0 Å². The topological polar surface area (TPSA) is 0 Å². The Kier molecular flexibility index (Phi) is 4.57. The Balaban J connectivity index is 2.11. The lowest BCUT2D eigenvalue weighted by Crippen LogP contribution is -2.42. The maximum absolute atomic E-state index is 2.39. The van der Waals surface area contributed by atoms with Gasteiger partial charge in [0.1, 0.15) is 0 Å². The monoisotopic (exact) mass is 314 g/mol. The number of benzene rings is 3. The summed E-state index contributed by atoms with van der Waals surface area (Å²) in [6.07, 6.45) is 1.04. The summed E-state index contributed by atoms with van der Waals surface area (Å²) < 4.78 is 0. The van der Waals surface area contributed by atoms with E-state index in [0.717, 1.165) is 6.42 Å². The number of hydrogen-bond acceptors (Lipinski definition) is 0. The first-order valence-corrected chi connectivity index (χ1v) is 8.69. The average molecular weight is 314 g/mol. The van der Waals surface area contributed by atoms with E-state index >= 15 is 0 Å². The third-order valence-corrected chi connectivity index (χ3v) is 5.54. The van der Waals surface area contributed by atoms with Crippen LogP contribution in [0.15, 0.2) is 91.0 Å². The Bertz CT molecular complexity index is 715. The summed E-state index contributed by atoms with van der Waals surface area (Å²) in [4.78, 5) is 0. The minimum Gasteiger partial charge on any atom is -0.0622 e. The predicted octanol–water partition coefficient (Wildman–Crippen LogP) is 6.26. The van der Waals surface area contributed by atoms with Gasteiger partial charge in [0.25, 0.3) is 0 Å². The van der Waals surface area contributed by atoms with Gasteiger partial charge in [-0.2, -0.15) is 0 Å². The van der Waals surface area contributed by atoms with Gasteiger partial charge >= 0.3 is 0 Å².